The summed E-state index contributed by atoms with van der Waals surface area (Å²) >= 11 is 1.23. The van der Waals surface area contributed by atoms with Crippen LogP contribution in [0.4, 0.5) is 8.78 Å². The van der Waals surface area contributed by atoms with E-state index in [4.69, 9.17) is 4.42 Å². The summed E-state index contributed by atoms with van der Waals surface area (Å²) in [5, 5.41) is 8.58. The number of nitrogens with zero attached hydrogens (tertiary/aromatic N) is 3. The van der Waals surface area contributed by atoms with Crippen molar-refractivity contribution in [3.8, 4) is 5.75 Å². The van der Waals surface area contributed by atoms with Crippen molar-refractivity contribution in [1.29, 1.82) is 0 Å². The lowest BCUT2D eigenvalue weighted by Gasteiger charge is -2.17. The highest BCUT2D eigenvalue weighted by Crippen LogP contribution is 2.32. The number of rotatable bonds is 8. The van der Waals surface area contributed by atoms with Crippen LogP contribution in [0.5, 0.6) is 5.75 Å². The van der Waals surface area contributed by atoms with Crippen molar-refractivity contribution in [3.05, 3.63) is 35.7 Å². The molecule has 0 spiro atoms. The van der Waals surface area contributed by atoms with Gasteiger partial charge in [0.05, 0.1) is 5.75 Å². The average Bonchev–Trinajstić information content (AvgIpc) is 3.17. The van der Waals surface area contributed by atoms with Gasteiger partial charge in [-0.05, 0) is 30.5 Å². The maximum absolute atomic E-state index is 12.3. The summed E-state index contributed by atoms with van der Waals surface area (Å²) in [6.07, 6.45) is 5.79. The van der Waals surface area contributed by atoms with Crippen LogP contribution in [0.1, 0.15) is 49.5 Å². The maximum Gasteiger partial charge on any atom is 0.387 e. The number of alkyl halides is 2. The fraction of sp³-hybridized carbons (Fsp3) is 0.526. The number of halogens is 2. The van der Waals surface area contributed by atoms with Gasteiger partial charge in [0.15, 0.2) is 0 Å². The maximum atomic E-state index is 12.3. The van der Waals surface area contributed by atoms with Gasteiger partial charge < -0.3 is 14.1 Å². The Morgan fingerprint density at radius 3 is 2.64 bits per heavy atom. The van der Waals surface area contributed by atoms with Gasteiger partial charge in [-0.2, -0.15) is 8.78 Å². The molecule has 1 fully saturated rings. The second kappa shape index (κ2) is 9.86. The zero-order chi connectivity index (χ0) is 19.9. The molecule has 1 aromatic carbocycles. The third-order valence-corrected chi connectivity index (χ3v) is 5.49. The van der Waals surface area contributed by atoms with Crippen LogP contribution < -0.4 is 4.74 Å². The van der Waals surface area contributed by atoms with E-state index in [2.05, 4.69) is 14.9 Å². The minimum atomic E-state index is -2.85. The molecule has 0 saturated heterocycles. The number of aromatic nitrogens is 2. The van der Waals surface area contributed by atoms with E-state index in [1.807, 2.05) is 0 Å². The summed E-state index contributed by atoms with van der Waals surface area (Å²) in [5.41, 5.74) is 0.819. The fourth-order valence-corrected chi connectivity index (χ4v) is 3.88. The van der Waals surface area contributed by atoms with Crippen LogP contribution in [-0.2, 0) is 11.3 Å². The first-order chi connectivity index (χ1) is 13.5. The normalized spacial score (nSPS) is 15.0. The van der Waals surface area contributed by atoms with Gasteiger partial charge in [0, 0.05) is 19.5 Å². The summed E-state index contributed by atoms with van der Waals surface area (Å²) in [5.74, 6) is 1.21. The molecule has 0 N–H and O–H groups in total. The van der Waals surface area contributed by atoms with E-state index in [-0.39, 0.29) is 17.4 Å². The van der Waals surface area contributed by atoms with Gasteiger partial charge in [0.25, 0.3) is 5.22 Å². The van der Waals surface area contributed by atoms with E-state index in [1.54, 1.807) is 24.1 Å². The smallest absolute Gasteiger partial charge is 0.387 e. The first kappa shape index (κ1) is 20.6. The Kier molecular flexibility index (Phi) is 7.24. The Morgan fingerprint density at radius 1 is 1.25 bits per heavy atom. The number of carbonyl (C=O) groups excluding carboxylic acids is 1. The third-order valence-electron chi connectivity index (χ3n) is 4.69. The monoisotopic (exact) mass is 411 g/mol. The Bertz CT molecular complexity index is 764. The molecule has 1 heterocycles. The molecule has 0 aliphatic heterocycles. The first-order valence-corrected chi connectivity index (χ1v) is 10.2. The molecule has 1 saturated carbocycles. The predicted molar refractivity (Wildman–Crippen MR) is 100 cm³/mol. The van der Waals surface area contributed by atoms with Gasteiger partial charge in [0.2, 0.25) is 11.8 Å². The molecule has 1 aliphatic rings. The molecule has 152 valence electrons. The van der Waals surface area contributed by atoms with Crippen molar-refractivity contribution in [1.82, 2.24) is 15.1 Å². The predicted octanol–water partition coefficient (Wildman–Crippen LogP) is 4.47. The molecule has 28 heavy (non-hydrogen) atoms. The Balaban J connectivity index is 1.46. The van der Waals surface area contributed by atoms with Crippen molar-refractivity contribution in [2.75, 3.05) is 12.8 Å². The van der Waals surface area contributed by atoms with E-state index in [9.17, 15) is 13.6 Å². The van der Waals surface area contributed by atoms with Crippen LogP contribution in [0.2, 0.25) is 0 Å². The lowest BCUT2D eigenvalue weighted by Crippen LogP contribution is -2.27. The summed E-state index contributed by atoms with van der Waals surface area (Å²) in [7, 11) is 1.69. The summed E-state index contributed by atoms with van der Waals surface area (Å²) in [4.78, 5) is 13.9. The first-order valence-electron chi connectivity index (χ1n) is 9.25. The summed E-state index contributed by atoms with van der Waals surface area (Å²) in [6.45, 7) is -2.48. The number of carbonyl (C=O) groups is 1. The minimum absolute atomic E-state index is 0.0877. The van der Waals surface area contributed by atoms with Crippen LogP contribution in [0.3, 0.4) is 0 Å². The van der Waals surface area contributed by atoms with Gasteiger partial charge in [0.1, 0.15) is 5.75 Å². The fourth-order valence-electron chi connectivity index (χ4n) is 3.17. The Hall–Kier alpha value is -2.16. The second-order valence-corrected chi connectivity index (χ2v) is 7.73. The standard InChI is InChI=1S/C19H23F2N3O3S/c1-24(11-13-7-9-15(10-8-13)26-18(20)21)16(25)12-28-19-23-22-17(27-19)14-5-3-2-4-6-14/h7-10,14,18H,2-6,11-12H2,1H3. The van der Waals surface area contributed by atoms with Crippen LogP contribution in [-0.4, -0.2) is 40.4 Å². The second-order valence-electron chi connectivity index (χ2n) is 6.80. The third kappa shape index (κ3) is 5.92. The van der Waals surface area contributed by atoms with Crippen molar-refractivity contribution >= 4 is 17.7 Å². The van der Waals surface area contributed by atoms with E-state index in [1.165, 1.54) is 43.2 Å². The highest BCUT2D eigenvalue weighted by atomic mass is 32.2. The average molecular weight is 411 g/mol. The highest BCUT2D eigenvalue weighted by molar-refractivity contribution is 7.99. The van der Waals surface area contributed by atoms with Crippen LogP contribution >= 0.6 is 11.8 Å². The highest BCUT2D eigenvalue weighted by Gasteiger charge is 2.22. The van der Waals surface area contributed by atoms with Crippen molar-refractivity contribution in [2.24, 2.45) is 0 Å². The van der Waals surface area contributed by atoms with Gasteiger partial charge in [-0.25, -0.2) is 0 Å². The van der Waals surface area contributed by atoms with Gasteiger partial charge in [-0.3, -0.25) is 4.79 Å². The van der Waals surface area contributed by atoms with E-state index in [0.717, 1.165) is 18.4 Å². The van der Waals surface area contributed by atoms with Crippen LogP contribution in [0, 0.1) is 0 Å². The van der Waals surface area contributed by atoms with E-state index in [0.29, 0.717) is 23.6 Å². The van der Waals surface area contributed by atoms with Gasteiger partial charge in [-0.1, -0.05) is 43.2 Å². The number of hydrogen-bond donors (Lipinski definition) is 0. The lowest BCUT2D eigenvalue weighted by molar-refractivity contribution is -0.127. The van der Waals surface area contributed by atoms with E-state index < -0.39 is 6.61 Å². The Labute approximate surface area is 166 Å². The molecule has 0 radical (unpaired) electrons. The van der Waals surface area contributed by atoms with Gasteiger partial charge in [-0.15, -0.1) is 10.2 Å². The number of thioether (sulfide) groups is 1. The zero-order valence-electron chi connectivity index (χ0n) is 15.6. The van der Waals surface area contributed by atoms with Crippen molar-refractivity contribution in [3.63, 3.8) is 0 Å². The topological polar surface area (TPSA) is 68.5 Å². The molecule has 1 aromatic heterocycles. The minimum Gasteiger partial charge on any atom is -0.435 e. The number of benzene rings is 1. The molecule has 1 aliphatic carbocycles. The number of amides is 1. The number of ether oxygens (including phenoxy) is 1. The SMILES string of the molecule is CN(Cc1ccc(OC(F)F)cc1)C(=O)CSc1nnc(C2CCCCC2)o1. The van der Waals surface area contributed by atoms with Crippen molar-refractivity contribution in [2.45, 2.75) is 56.4 Å². The van der Waals surface area contributed by atoms with Crippen LogP contribution in [0.15, 0.2) is 33.9 Å². The molecule has 2 aromatic rings. The van der Waals surface area contributed by atoms with Gasteiger partial charge >= 0.3 is 6.61 Å². The van der Waals surface area contributed by atoms with Crippen molar-refractivity contribution < 1.29 is 22.7 Å². The molecular formula is C19H23F2N3O3S. The lowest BCUT2D eigenvalue weighted by atomic mass is 9.89. The van der Waals surface area contributed by atoms with Crippen LogP contribution in [0.25, 0.3) is 0 Å². The van der Waals surface area contributed by atoms with E-state index >= 15 is 0 Å². The molecule has 1 amide bonds. The molecular weight excluding hydrogens is 388 g/mol. The molecule has 3 rings (SSSR count). The summed E-state index contributed by atoms with van der Waals surface area (Å²) < 4.78 is 34.4. The largest absolute Gasteiger partial charge is 0.435 e. The quantitative estimate of drug-likeness (QED) is 0.597. The molecule has 0 unspecified atom stereocenters. The molecule has 6 nitrogen and oxygen atoms in total. The molecule has 9 heteroatoms. The number of hydrogen-bond acceptors (Lipinski definition) is 6. The zero-order valence-corrected chi connectivity index (χ0v) is 16.5. The molecule has 0 bridgehead atoms. The molecule has 0 atom stereocenters. The summed E-state index contributed by atoms with van der Waals surface area (Å²) in [6, 6.07) is 6.23. The Morgan fingerprint density at radius 2 is 1.96 bits per heavy atom.